The van der Waals surface area contributed by atoms with E-state index in [1.807, 2.05) is 50.2 Å². The Morgan fingerprint density at radius 2 is 1.81 bits per heavy atom. The molecule has 0 radical (unpaired) electrons. The van der Waals surface area contributed by atoms with Gasteiger partial charge in [-0.3, -0.25) is 0 Å². The number of rotatable bonds is 9. The molecule has 0 heterocycles. The van der Waals surface area contributed by atoms with Crippen LogP contribution in [-0.2, 0) is 19.9 Å². The minimum Gasteiger partial charge on any atom is -0.467 e. The Bertz CT molecular complexity index is 781. The van der Waals surface area contributed by atoms with E-state index < -0.39 is 5.60 Å². The maximum atomic E-state index is 12.2. The zero-order valence-corrected chi connectivity index (χ0v) is 16.1. The molecule has 0 aliphatic heterocycles. The van der Waals surface area contributed by atoms with Crippen molar-refractivity contribution in [3.63, 3.8) is 0 Å². The molecule has 26 heavy (non-hydrogen) atoms. The summed E-state index contributed by atoms with van der Waals surface area (Å²) in [7, 11) is 0. The lowest BCUT2D eigenvalue weighted by Gasteiger charge is -2.31. The normalized spacial score (nSPS) is 13.2. The van der Waals surface area contributed by atoms with Crippen LogP contribution in [0.1, 0.15) is 46.1 Å². The molecule has 0 spiro atoms. The van der Waals surface area contributed by atoms with Crippen LogP contribution >= 0.6 is 0 Å². The van der Waals surface area contributed by atoms with Crippen LogP contribution < -0.4 is 4.74 Å². The van der Waals surface area contributed by atoms with Gasteiger partial charge in [-0.2, -0.15) is 0 Å². The fraction of sp³-hybridized carbons (Fsp3) is 0.409. The van der Waals surface area contributed by atoms with Crippen LogP contribution in [0.5, 0.6) is 5.75 Å². The van der Waals surface area contributed by atoms with Crippen LogP contribution in [-0.4, -0.2) is 19.4 Å². The SMILES string of the molecule is C=C(C)C(=O)OC(C)(CCC)c1ccc(OCOCC)c2ccccc12. The first-order chi connectivity index (χ1) is 12.4. The summed E-state index contributed by atoms with van der Waals surface area (Å²) in [6, 6.07) is 11.9. The number of hydrogen-bond donors (Lipinski definition) is 0. The Kier molecular flexibility index (Phi) is 6.81. The number of ether oxygens (including phenoxy) is 3. The van der Waals surface area contributed by atoms with Gasteiger partial charge in [0.25, 0.3) is 0 Å². The zero-order chi connectivity index (χ0) is 19.2. The number of carbonyl (C=O) groups is 1. The van der Waals surface area contributed by atoms with E-state index in [9.17, 15) is 4.79 Å². The van der Waals surface area contributed by atoms with Crippen molar-refractivity contribution in [3.8, 4) is 5.75 Å². The lowest BCUT2D eigenvalue weighted by Crippen LogP contribution is -2.29. The molecule has 0 aromatic heterocycles. The highest BCUT2D eigenvalue weighted by Gasteiger charge is 2.32. The van der Waals surface area contributed by atoms with Gasteiger partial charge in [0, 0.05) is 23.1 Å². The Morgan fingerprint density at radius 1 is 1.12 bits per heavy atom. The van der Waals surface area contributed by atoms with Gasteiger partial charge in [-0.25, -0.2) is 4.79 Å². The van der Waals surface area contributed by atoms with Crippen LogP contribution in [0.4, 0.5) is 0 Å². The van der Waals surface area contributed by atoms with E-state index in [-0.39, 0.29) is 12.8 Å². The lowest BCUT2D eigenvalue weighted by molar-refractivity contribution is -0.154. The number of carbonyl (C=O) groups excluding carboxylic acids is 1. The second kappa shape index (κ2) is 8.86. The van der Waals surface area contributed by atoms with Gasteiger partial charge in [0.1, 0.15) is 11.4 Å². The third-order valence-corrected chi connectivity index (χ3v) is 4.35. The summed E-state index contributed by atoms with van der Waals surface area (Å²) < 4.78 is 16.9. The molecule has 4 nitrogen and oxygen atoms in total. The van der Waals surface area contributed by atoms with Crippen molar-refractivity contribution >= 4 is 16.7 Å². The van der Waals surface area contributed by atoms with Crippen molar-refractivity contribution in [1.82, 2.24) is 0 Å². The number of esters is 1. The van der Waals surface area contributed by atoms with Crippen molar-refractivity contribution in [2.45, 2.75) is 46.1 Å². The van der Waals surface area contributed by atoms with E-state index in [4.69, 9.17) is 14.2 Å². The summed E-state index contributed by atoms with van der Waals surface area (Å²) in [5.41, 5.74) is 0.629. The topological polar surface area (TPSA) is 44.8 Å². The summed E-state index contributed by atoms with van der Waals surface area (Å²) in [6.45, 7) is 12.1. The summed E-state index contributed by atoms with van der Waals surface area (Å²) in [6.07, 6.45) is 1.60. The van der Waals surface area contributed by atoms with Crippen LogP contribution in [0.15, 0.2) is 48.6 Å². The molecule has 0 fully saturated rings. The smallest absolute Gasteiger partial charge is 0.333 e. The zero-order valence-electron chi connectivity index (χ0n) is 16.1. The molecular weight excluding hydrogens is 328 g/mol. The molecular formula is C22H28O4. The number of fused-ring (bicyclic) bond motifs is 1. The van der Waals surface area contributed by atoms with Gasteiger partial charge in [-0.15, -0.1) is 0 Å². The van der Waals surface area contributed by atoms with Gasteiger partial charge in [-0.1, -0.05) is 50.3 Å². The molecule has 0 N–H and O–H groups in total. The first-order valence-corrected chi connectivity index (χ1v) is 9.04. The molecule has 4 heteroatoms. The van der Waals surface area contributed by atoms with Crippen molar-refractivity contribution < 1.29 is 19.0 Å². The van der Waals surface area contributed by atoms with Crippen LogP contribution in [0.25, 0.3) is 10.8 Å². The first kappa shape index (κ1) is 20.0. The van der Waals surface area contributed by atoms with E-state index in [0.717, 1.165) is 34.9 Å². The lowest BCUT2D eigenvalue weighted by atomic mass is 9.87. The molecule has 1 unspecified atom stereocenters. The summed E-state index contributed by atoms with van der Waals surface area (Å²) in [4.78, 5) is 12.2. The van der Waals surface area contributed by atoms with Gasteiger partial charge < -0.3 is 14.2 Å². The van der Waals surface area contributed by atoms with Crippen LogP contribution in [0.2, 0.25) is 0 Å². The molecule has 0 saturated carbocycles. The molecule has 0 aliphatic carbocycles. The van der Waals surface area contributed by atoms with E-state index >= 15 is 0 Å². The predicted molar refractivity (Wildman–Crippen MR) is 104 cm³/mol. The number of benzene rings is 2. The molecule has 0 amide bonds. The predicted octanol–water partition coefficient (Wildman–Crippen LogP) is 5.35. The summed E-state index contributed by atoms with van der Waals surface area (Å²) in [5, 5.41) is 1.98. The van der Waals surface area contributed by atoms with Crippen LogP contribution in [0.3, 0.4) is 0 Å². The first-order valence-electron chi connectivity index (χ1n) is 9.04. The van der Waals surface area contributed by atoms with E-state index in [1.165, 1.54) is 0 Å². The summed E-state index contributed by atoms with van der Waals surface area (Å²) in [5.74, 6) is 0.379. The van der Waals surface area contributed by atoms with Gasteiger partial charge in [0.15, 0.2) is 6.79 Å². The Balaban J connectivity index is 2.51. The second-order valence-electron chi connectivity index (χ2n) is 6.56. The molecule has 2 rings (SSSR count). The van der Waals surface area contributed by atoms with Gasteiger partial charge in [0.2, 0.25) is 0 Å². The second-order valence-corrected chi connectivity index (χ2v) is 6.56. The monoisotopic (exact) mass is 356 g/mol. The molecule has 2 aromatic carbocycles. The Labute approximate surface area is 155 Å². The summed E-state index contributed by atoms with van der Waals surface area (Å²) >= 11 is 0. The Morgan fingerprint density at radius 3 is 2.42 bits per heavy atom. The average Bonchev–Trinajstić information content (AvgIpc) is 2.62. The van der Waals surface area contributed by atoms with Gasteiger partial charge in [0.05, 0.1) is 0 Å². The Hall–Kier alpha value is -2.33. The quantitative estimate of drug-likeness (QED) is 0.263. The minimum absolute atomic E-state index is 0.205. The van der Waals surface area contributed by atoms with Crippen molar-refractivity contribution in [2.24, 2.45) is 0 Å². The molecule has 0 bridgehead atoms. The highest BCUT2D eigenvalue weighted by Crippen LogP contribution is 2.39. The average molecular weight is 356 g/mol. The number of hydrogen-bond acceptors (Lipinski definition) is 4. The maximum absolute atomic E-state index is 12.2. The largest absolute Gasteiger partial charge is 0.467 e. The molecule has 0 saturated heterocycles. The highest BCUT2D eigenvalue weighted by molar-refractivity contribution is 5.92. The van der Waals surface area contributed by atoms with Gasteiger partial charge >= 0.3 is 5.97 Å². The maximum Gasteiger partial charge on any atom is 0.333 e. The van der Waals surface area contributed by atoms with E-state index in [2.05, 4.69) is 13.5 Å². The minimum atomic E-state index is -0.733. The van der Waals surface area contributed by atoms with Crippen molar-refractivity contribution in [1.29, 1.82) is 0 Å². The van der Waals surface area contributed by atoms with Crippen molar-refractivity contribution in [3.05, 3.63) is 54.1 Å². The standard InChI is InChI=1S/C22H28O4/c1-6-14-22(5,26-21(23)16(3)4)19-12-13-20(25-15-24-7-2)18-11-9-8-10-17(18)19/h8-13H,3,6-7,14-15H2,1-2,4-5H3. The van der Waals surface area contributed by atoms with Gasteiger partial charge in [-0.05, 0) is 38.6 Å². The van der Waals surface area contributed by atoms with Crippen LogP contribution in [0, 0.1) is 0 Å². The third kappa shape index (κ3) is 4.44. The molecule has 140 valence electrons. The fourth-order valence-corrected chi connectivity index (χ4v) is 3.06. The third-order valence-electron chi connectivity index (χ3n) is 4.35. The highest BCUT2D eigenvalue weighted by atomic mass is 16.7. The van der Waals surface area contributed by atoms with E-state index in [1.54, 1.807) is 6.92 Å². The fourth-order valence-electron chi connectivity index (χ4n) is 3.06. The van der Waals surface area contributed by atoms with E-state index in [0.29, 0.717) is 12.2 Å². The molecule has 2 aromatic rings. The molecule has 0 aliphatic rings. The molecule has 1 atom stereocenters. The van der Waals surface area contributed by atoms with Crippen molar-refractivity contribution in [2.75, 3.05) is 13.4 Å².